The normalized spacial score (nSPS) is 10.3. The van der Waals surface area contributed by atoms with Gasteiger partial charge in [-0.25, -0.2) is 9.97 Å². The average Bonchev–Trinajstić information content (AvgIpc) is 2.38. The van der Waals surface area contributed by atoms with Crippen LogP contribution in [0, 0.1) is 13.8 Å². The molecule has 2 aromatic rings. The first-order valence-electron chi connectivity index (χ1n) is 5.53. The van der Waals surface area contributed by atoms with Gasteiger partial charge in [0.15, 0.2) is 11.0 Å². The third-order valence-electron chi connectivity index (χ3n) is 2.75. The summed E-state index contributed by atoms with van der Waals surface area (Å²) in [4.78, 5) is 19.7. The summed E-state index contributed by atoms with van der Waals surface area (Å²) in [5.41, 5.74) is 2.70. The van der Waals surface area contributed by atoms with Crippen molar-refractivity contribution >= 4 is 34.9 Å². The van der Waals surface area contributed by atoms with Crippen LogP contribution < -0.4 is 5.32 Å². The van der Waals surface area contributed by atoms with Crippen LogP contribution in [0.5, 0.6) is 0 Å². The molecular weight excluding hydrogens is 285 g/mol. The first kappa shape index (κ1) is 13.8. The van der Waals surface area contributed by atoms with Gasteiger partial charge in [-0.1, -0.05) is 29.3 Å². The highest BCUT2D eigenvalue weighted by atomic mass is 35.5. The Bertz CT molecular complexity index is 644. The van der Waals surface area contributed by atoms with Crippen LogP contribution >= 0.6 is 23.2 Å². The Morgan fingerprint density at radius 1 is 1.16 bits per heavy atom. The SMILES string of the molecule is Cc1ccc(C(=O)Nc2ncnc(Cl)c2Cl)cc1C. The highest BCUT2D eigenvalue weighted by Crippen LogP contribution is 2.25. The van der Waals surface area contributed by atoms with Crippen LogP contribution in [0.2, 0.25) is 10.2 Å². The molecule has 0 saturated heterocycles. The van der Waals surface area contributed by atoms with Crippen molar-refractivity contribution in [3.8, 4) is 0 Å². The number of amides is 1. The van der Waals surface area contributed by atoms with Crippen LogP contribution in [0.25, 0.3) is 0 Å². The van der Waals surface area contributed by atoms with Crippen molar-refractivity contribution < 1.29 is 4.79 Å². The minimum Gasteiger partial charge on any atom is -0.305 e. The molecule has 1 heterocycles. The van der Waals surface area contributed by atoms with Crippen LogP contribution in [0.15, 0.2) is 24.5 Å². The predicted molar refractivity (Wildman–Crippen MR) is 75.9 cm³/mol. The molecular formula is C13H11Cl2N3O. The lowest BCUT2D eigenvalue weighted by Gasteiger charge is -2.08. The Morgan fingerprint density at radius 3 is 2.58 bits per heavy atom. The van der Waals surface area contributed by atoms with Crippen LogP contribution in [0.4, 0.5) is 5.82 Å². The molecule has 0 fully saturated rings. The molecule has 19 heavy (non-hydrogen) atoms. The molecule has 1 amide bonds. The molecule has 1 aromatic carbocycles. The van der Waals surface area contributed by atoms with Crippen molar-refractivity contribution in [2.75, 3.05) is 5.32 Å². The maximum Gasteiger partial charge on any atom is 0.256 e. The fourth-order valence-electron chi connectivity index (χ4n) is 1.50. The number of hydrogen-bond donors (Lipinski definition) is 1. The Labute approximate surface area is 120 Å². The van der Waals surface area contributed by atoms with Crippen LogP contribution in [-0.4, -0.2) is 15.9 Å². The van der Waals surface area contributed by atoms with E-state index in [1.165, 1.54) is 6.33 Å². The number of hydrogen-bond acceptors (Lipinski definition) is 3. The molecule has 1 N–H and O–H groups in total. The van der Waals surface area contributed by atoms with E-state index < -0.39 is 0 Å². The van der Waals surface area contributed by atoms with Gasteiger partial charge in [-0.15, -0.1) is 0 Å². The Balaban J connectivity index is 2.26. The van der Waals surface area contributed by atoms with E-state index in [4.69, 9.17) is 23.2 Å². The molecule has 2 rings (SSSR count). The Hall–Kier alpha value is -1.65. The Kier molecular flexibility index (Phi) is 4.02. The lowest BCUT2D eigenvalue weighted by molar-refractivity contribution is 0.102. The second-order valence-electron chi connectivity index (χ2n) is 4.08. The second-order valence-corrected chi connectivity index (χ2v) is 4.82. The van der Waals surface area contributed by atoms with Crippen molar-refractivity contribution in [1.29, 1.82) is 0 Å². The highest BCUT2D eigenvalue weighted by molar-refractivity contribution is 6.43. The minimum absolute atomic E-state index is 0.104. The lowest BCUT2D eigenvalue weighted by Crippen LogP contribution is -2.14. The number of halogens is 2. The first-order valence-corrected chi connectivity index (χ1v) is 6.29. The third-order valence-corrected chi connectivity index (χ3v) is 3.49. The maximum atomic E-state index is 12.1. The van der Waals surface area contributed by atoms with Gasteiger partial charge in [0.2, 0.25) is 0 Å². The van der Waals surface area contributed by atoms with Crippen LogP contribution in [-0.2, 0) is 0 Å². The highest BCUT2D eigenvalue weighted by Gasteiger charge is 2.12. The van der Waals surface area contributed by atoms with Gasteiger partial charge in [-0.3, -0.25) is 4.79 Å². The number of nitrogens with one attached hydrogen (secondary N) is 1. The molecule has 0 spiro atoms. The van der Waals surface area contributed by atoms with Gasteiger partial charge >= 0.3 is 0 Å². The van der Waals surface area contributed by atoms with Crippen LogP contribution in [0.1, 0.15) is 21.5 Å². The smallest absolute Gasteiger partial charge is 0.256 e. The zero-order chi connectivity index (χ0) is 14.0. The quantitative estimate of drug-likeness (QED) is 0.861. The summed E-state index contributed by atoms with van der Waals surface area (Å²) < 4.78 is 0. The number of benzene rings is 1. The number of aromatic nitrogens is 2. The molecule has 0 radical (unpaired) electrons. The van der Waals surface area contributed by atoms with Crippen LogP contribution in [0.3, 0.4) is 0 Å². The fraction of sp³-hybridized carbons (Fsp3) is 0.154. The minimum atomic E-state index is -0.292. The summed E-state index contributed by atoms with van der Waals surface area (Å²) in [7, 11) is 0. The summed E-state index contributed by atoms with van der Waals surface area (Å²) in [5.74, 6) is -0.0929. The summed E-state index contributed by atoms with van der Waals surface area (Å²) in [6, 6.07) is 5.44. The second kappa shape index (κ2) is 5.55. The number of rotatable bonds is 2. The van der Waals surface area contributed by atoms with E-state index in [2.05, 4.69) is 15.3 Å². The van der Waals surface area contributed by atoms with E-state index in [0.29, 0.717) is 5.56 Å². The third kappa shape index (κ3) is 3.03. The Morgan fingerprint density at radius 2 is 1.89 bits per heavy atom. The molecule has 0 bridgehead atoms. The van der Waals surface area contributed by atoms with Crippen molar-refractivity contribution in [3.05, 3.63) is 51.4 Å². The fourth-order valence-corrected chi connectivity index (χ4v) is 1.78. The van der Waals surface area contributed by atoms with Gasteiger partial charge in [-0.05, 0) is 37.1 Å². The van der Waals surface area contributed by atoms with Crippen molar-refractivity contribution in [1.82, 2.24) is 9.97 Å². The number of nitrogens with zero attached hydrogens (tertiary/aromatic N) is 2. The van der Waals surface area contributed by atoms with E-state index in [0.717, 1.165) is 11.1 Å². The van der Waals surface area contributed by atoms with Gasteiger partial charge in [0.1, 0.15) is 11.3 Å². The van der Waals surface area contributed by atoms with E-state index in [-0.39, 0.29) is 21.9 Å². The lowest BCUT2D eigenvalue weighted by atomic mass is 10.1. The molecule has 0 aliphatic carbocycles. The van der Waals surface area contributed by atoms with Gasteiger partial charge < -0.3 is 5.32 Å². The average molecular weight is 296 g/mol. The summed E-state index contributed by atoms with van der Waals surface area (Å²) >= 11 is 11.7. The predicted octanol–water partition coefficient (Wildman–Crippen LogP) is 3.65. The van der Waals surface area contributed by atoms with Gasteiger partial charge in [0.25, 0.3) is 5.91 Å². The zero-order valence-electron chi connectivity index (χ0n) is 10.4. The zero-order valence-corrected chi connectivity index (χ0v) is 11.9. The van der Waals surface area contributed by atoms with Gasteiger partial charge in [0.05, 0.1) is 0 Å². The molecule has 98 valence electrons. The number of carbonyl (C=O) groups excluding carboxylic acids is 1. The molecule has 0 atom stereocenters. The topological polar surface area (TPSA) is 54.9 Å². The maximum absolute atomic E-state index is 12.1. The van der Waals surface area contributed by atoms with Gasteiger partial charge in [-0.2, -0.15) is 0 Å². The number of aryl methyl sites for hydroxylation is 2. The summed E-state index contributed by atoms with van der Waals surface area (Å²) in [5, 5.41) is 2.84. The standard InChI is InChI=1S/C13H11Cl2N3O/c1-7-3-4-9(5-8(7)2)13(19)18-12-10(14)11(15)16-6-17-12/h3-6H,1-2H3,(H,16,17,18,19). The van der Waals surface area contributed by atoms with E-state index >= 15 is 0 Å². The molecule has 0 saturated carbocycles. The summed E-state index contributed by atoms with van der Waals surface area (Å²) in [6.45, 7) is 3.93. The molecule has 0 aliphatic heterocycles. The molecule has 0 aliphatic rings. The van der Waals surface area contributed by atoms with Crippen molar-refractivity contribution in [2.45, 2.75) is 13.8 Å². The molecule has 0 unspecified atom stereocenters. The van der Waals surface area contributed by atoms with E-state index in [9.17, 15) is 4.79 Å². The largest absolute Gasteiger partial charge is 0.305 e. The van der Waals surface area contributed by atoms with E-state index in [1.807, 2.05) is 19.9 Å². The molecule has 6 heteroatoms. The first-order chi connectivity index (χ1) is 8.99. The number of carbonyl (C=O) groups is 1. The van der Waals surface area contributed by atoms with Crippen molar-refractivity contribution in [2.24, 2.45) is 0 Å². The number of anilines is 1. The summed E-state index contributed by atoms with van der Waals surface area (Å²) in [6.07, 6.45) is 1.24. The van der Waals surface area contributed by atoms with E-state index in [1.54, 1.807) is 12.1 Å². The van der Waals surface area contributed by atoms with Gasteiger partial charge in [0, 0.05) is 5.56 Å². The monoisotopic (exact) mass is 295 g/mol. The molecule has 4 nitrogen and oxygen atoms in total. The van der Waals surface area contributed by atoms with Crippen molar-refractivity contribution in [3.63, 3.8) is 0 Å². The molecule has 1 aromatic heterocycles.